The van der Waals surface area contributed by atoms with Gasteiger partial charge in [0.25, 0.3) is 0 Å². The first-order valence-electron chi connectivity index (χ1n) is 8.24. The maximum atomic E-state index is 11.7. The van der Waals surface area contributed by atoms with Crippen molar-refractivity contribution in [1.29, 1.82) is 0 Å². The number of imidazole rings is 1. The van der Waals surface area contributed by atoms with Crippen LogP contribution in [-0.2, 0) is 0 Å². The summed E-state index contributed by atoms with van der Waals surface area (Å²) in [5, 5.41) is 0. The average molecular weight is 358 g/mol. The minimum absolute atomic E-state index is 0.0510. The van der Waals surface area contributed by atoms with Crippen molar-refractivity contribution in [3.05, 3.63) is 76.0 Å². The van der Waals surface area contributed by atoms with Gasteiger partial charge < -0.3 is 4.98 Å². The Morgan fingerprint density at radius 3 is 2.69 bits per heavy atom. The van der Waals surface area contributed by atoms with Crippen molar-refractivity contribution >= 4 is 32.7 Å². The molecule has 0 saturated heterocycles. The number of H-pyrrole nitrogens is 1. The van der Waals surface area contributed by atoms with Gasteiger partial charge in [0.15, 0.2) is 5.65 Å². The lowest BCUT2D eigenvalue weighted by molar-refractivity contribution is 1.07. The number of nitrogens with one attached hydrogen (secondary N) is 1. The molecular formula is C20H14N4OS. The number of benzene rings is 2. The number of pyridine rings is 1. The van der Waals surface area contributed by atoms with Crippen molar-refractivity contribution in [2.75, 3.05) is 0 Å². The summed E-state index contributed by atoms with van der Waals surface area (Å²) in [5.74, 6) is 0.834. The molecule has 0 fully saturated rings. The molecule has 1 N–H and O–H groups in total. The third kappa shape index (κ3) is 2.34. The Balaban J connectivity index is 1.86. The number of aromatic amines is 1. The lowest BCUT2D eigenvalue weighted by Crippen LogP contribution is -1.99. The summed E-state index contributed by atoms with van der Waals surface area (Å²) in [7, 11) is 0. The standard InChI is InChI=1S/C20H14N4OS/c1-12-7-9-16-19(21-12)24(18(22-16)13-5-3-2-4-6-13)14-8-10-15-17(11-14)26-20(25)23-15/h2-11H,1H3,(H,23,25). The molecule has 5 aromatic rings. The van der Waals surface area contributed by atoms with E-state index in [2.05, 4.69) is 9.55 Å². The zero-order valence-corrected chi connectivity index (χ0v) is 14.7. The van der Waals surface area contributed by atoms with E-state index in [1.54, 1.807) is 0 Å². The third-order valence-corrected chi connectivity index (χ3v) is 5.18. The summed E-state index contributed by atoms with van der Waals surface area (Å²) in [5.41, 5.74) is 5.39. The van der Waals surface area contributed by atoms with Crippen molar-refractivity contribution in [3.63, 3.8) is 0 Å². The molecule has 0 bridgehead atoms. The van der Waals surface area contributed by atoms with Crippen LogP contribution in [0, 0.1) is 6.92 Å². The largest absolute Gasteiger partial charge is 0.312 e. The summed E-state index contributed by atoms with van der Waals surface area (Å²) < 4.78 is 2.97. The highest BCUT2D eigenvalue weighted by Crippen LogP contribution is 2.29. The normalized spacial score (nSPS) is 11.4. The van der Waals surface area contributed by atoms with E-state index in [0.29, 0.717) is 0 Å². The second kappa shape index (κ2) is 5.64. The number of nitrogens with zero attached hydrogens (tertiary/aromatic N) is 3. The third-order valence-electron chi connectivity index (χ3n) is 4.34. The summed E-state index contributed by atoms with van der Waals surface area (Å²) in [6.07, 6.45) is 0. The summed E-state index contributed by atoms with van der Waals surface area (Å²) >= 11 is 1.21. The lowest BCUT2D eigenvalue weighted by Gasteiger charge is -2.09. The van der Waals surface area contributed by atoms with Crippen molar-refractivity contribution in [1.82, 2.24) is 19.5 Å². The number of aromatic nitrogens is 4. The van der Waals surface area contributed by atoms with Gasteiger partial charge >= 0.3 is 4.87 Å². The topological polar surface area (TPSA) is 63.6 Å². The van der Waals surface area contributed by atoms with Gasteiger partial charge in [0.1, 0.15) is 11.3 Å². The van der Waals surface area contributed by atoms with Gasteiger partial charge in [0.05, 0.1) is 15.9 Å². The van der Waals surface area contributed by atoms with Crippen LogP contribution in [-0.4, -0.2) is 19.5 Å². The SMILES string of the molecule is Cc1ccc2nc(-c3ccccc3)n(-c3ccc4[nH]c(=O)sc4c3)c2n1. The van der Waals surface area contributed by atoms with Crippen molar-refractivity contribution in [2.24, 2.45) is 0 Å². The molecule has 0 atom stereocenters. The Morgan fingerprint density at radius 1 is 1.00 bits per heavy atom. The summed E-state index contributed by atoms with van der Waals surface area (Å²) in [6.45, 7) is 1.97. The predicted octanol–water partition coefficient (Wildman–Crippen LogP) is 4.30. The Kier molecular flexibility index (Phi) is 3.26. The van der Waals surface area contributed by atoms with Crippen LogP contribution in [0.15, 0.2) is 65.5 Å². The maximum Gasteiger partial charge on any atom is 0.305 e. The monoisotopic (exact) mass is 358 g/mol. The van der Waals surface area contributed by atoms with Crippen LogP contribution in [0.5, 0.6) is 0 Å². The summed E-state index contributed by atoms with van der Waals surface area (Å²) in [4.78, 5) is 24.0. The molecular weight excluding hydrogens is 344 g/mol. The van der Waals surface area contributed by atoms with Gasteiger partial charge in [0, 0.05) is 11.3 Å². The molecule has 0 amide bonds. The van der Waals surface area contributed by atoms with E-state index in [4.69, 9.17) is 9.97 Å². The predicted molar refractivity (Wildman–Crippen MR) is 105 cm³/mol. The fourth-order valence-electron chi connectivity index (χ4n) is 3.15. The number of thiazole rings is 1. The first-order valence-corrected chi connectivity index (χ1v) is 9.05. The van der Waals surface area contributed by atoms with Gasteiger partial charge in [-0.05, 0) is 37.3 Å². The van der Waals surface area contributed by atoms with Crippen LogP contribution in [0.3, 0.4) is 0 Å². The van der Waals surface area contributed by atoms with Gasteiger partial charge in [-0.25, -0.2) is 9.97 Å². The molecule has 3 heterocycles. The van der Waals surface area contributed by atoms with Gasteiger partial charge in [-0.1, -0.05) is 41.7 Å². The van der Waals surface area contributed by atoms with Gasteiger partial charge in [-0.2, -0.15) is 0 Å². The summed E-state index contributed by atoms with van der Waals surface area (Å²) in [6, 6.07) is 20.0. The van der Waals surface area contributed by atoms with Crippen LogP contribution in [0.4, 0.5) is 0 Å². The molecule has 6 heteroatoms. The van der Waals surface area contributed by atoms with Crippen LogP contribution in [0.25, 0.3) is 38.5 Å². The molecule has 0 radical (unpaired) electrons. The molecule has 0 aliphatic rings. The van der Waals surface area contributed by atoms with E-state index in [9.17, 15) is 4.79 Å². The molecule has 0 unspecified atom stereocenters. The smallest absolute Gasteiger partial charge is 0.305 e. The molecule has 0 aliphatic carbocycles. The van der Waals surface area contributed by atoms with Gasteiger partial charge in [-0.3, -0.25) is 9.36 Å². The van der Waals surface area contributed by atoms with E-state index in [-0.39, 0.29) is 4.87 Å². The molecule has 26 heavy (non-hydrogen) atoms. The first-order chi connectivity index (χ1) is 12.7. The second-order valence-electron chi connectivity index (χ2n) is 6.13. The highest BCUT2D eigenvalue weighted by molar-refractivity contribution is 7.16. The molecule has 5 rings (SSSR count). The van der Waals surface area contributed by atoms with Crippen LogP contribution < -0.4 is 4.87 Å². The average Bonchev–Trinajstić information content (AvgIpc) is 3.20. The van der Waals surface area contributed by atoms with Crippen LogP contribution in [0.2, 0.25) is 0 Å². The number of hydrogen-bond acceptors (Lipinski definition) is 4. The lowest BCUT2D eigenvalue weighted by atomic mass is 10.2. The highest BCUT2D eigenvalue weighted by atomic mass is 32.1. The Labute approximate surface area is 152 Å². The zero-order valence-electron chi connectivity index (χ0n) is 13.9. The highest BCUT2D eigenvalue weighted by Gasteiger charge is 2.16. The van der Waals surface area contributed by atoms with Crippen LogP contribution in [0.1, 0.15) is 5.69 Å². The van der Waals surface area contributed by atoms with E-state index in [0.717, 1.165) is 44.1 Å². The zero-order chi connectivity index (χ0) is 17.7. The first kappa shape index (κ1) is 15.0. The van der Waals surface area contributed by atoms with Crippen LogP contribution >= 0.6 is 11.3 Å². The van der Waals surface area contributed by atoms with Crippen molar-refractivity contribution in [3.8, 4) is 17.1 Å². The Hall–Kier alpha value is -3.25. The fourth-order valence-corrected chi connectivity index (χ4v) is 3.92. The number of fused-ring (bicyclic) bond motifs is 2. The fraction of sp³-hybridized carbons (Fsp3) is 0.0500. The van der Waals surface area contributed by atoms with Gasteiger partial charge in [0.2, 0.25) is 0 Å². The molecule has 5 nitrogen and oxygen atoms in total. The molecule has 0 spiro atoms. The maximum absolute atomic E-state index is 11.7. The van der Waals surface area contributed by atoms with Crippen molar-refractivity contribution < 1.29 is 0 Å². The van der Waals surface area contributed by atoms with E-state index >= 15 is 0 Å². The molecule has 3 aromatic heterocycles. The quantitative estimate of drug-likeness (QED) is 0.512. The molecule has 0 aliphatic heterocycles. The van der Waals surface area contributed by atoms with Gasteiger partial charge in [-0.15, -0.1) is 0 Å². The minimum Gasteiger partial charge on any atom is -0.312 e. The molecule has 2 aromatic carbocycles. The van der Waals surface area contributed by atoms with E-state index in [1.165, 1.54) is 11.3 Å². The molecule has 126 valence electrons. The molecule has 0 saturated carbocycles. The Bertz CT molecular complexity index is 1310. The number of hydrogen-bond donors (Lipinski definition) is 1. The van der Waals surface area contributed by atoms with Crippen molar-refractivity contribution in [2.45, 2.75) is 6.92 Å². The number of aryl methyl sites for hydroxylation is 1. The minimum atomic E-state index is -0.0510. The Morgan fingerprint density at radius 2 is 1.85 bits per heavy atom. The second-order valence-corrected chi connectivity index (χ2v) is 7.14. The van der Waals surface area contributed by atoms with E-state index < -0.39 is 0 Å². The number of rotatable bonds is 2. The van der Waals surface area contributed by atoms with E-state index in [1.807, 2.05) is 67.6 Å².